The van der Waals surface area contributed by atoms with Crippen molar-refractivity contribution in [3.63, 3.8) is 0 Å². The van der Waals surface area contributed by atoms with E-state index in [9.17, 15) is 4.79 Å². The van der Waals surface area contributed by atoms with Crippen LogP contribution in [-0.4, -0.2) is 49.3 Å². The second-order valence-corrected chi connectivity index (χ2v) is 9.52. The summed E-state index contributed by atoms with van der Waals surface area (Å²) >= 11 is 13.2. The number of nitrogens with one attached hydrogen (secondary N) is 1. The van der Waals surface area contributed by atoms with Crippen LogP contribution in [-0.2, 0) is 4.74 Å². The molecule has 2 aromatic carbocycles. The summed E-state index contributed by atoms with van der Waals surface area (Å²) in [5, 5.41) is 5.40. The molecule has 5 nitrogen and oxygen atoms in total. The molecule has 166 valence electrons. The van der Waals surface area contributed by atoms with Crippen molar-refractivity contribution in [2.45, 2.75) is 6.92 Å². The van der Waals surface area contributed by atoms with E-state index in [2.05, 4.69) is 15.1 Å². The molecule has 1 aliphatic heterocycles. The topological polar surface area (TPSA) is 44.8 Å². The van der Waals surface area contributed by atoms with Gasteiger partial charge in [0.15, 0.2) is 5.11 Å². The summed E-state index contributed by atoms with van der Waals surface area (Å²) in [4.78, 5) is 18.2. The van der Waals surface area contributed by atoms with E-state index in [0.29, 0.717) is 10.7 Å². The van der Waals surface area contributed by atoms with Gasteiger partial charge in [-0.2, -0.15) is 0 Å². The van der Waals surface area contributed by atoms with Crippen LogP contribution >= 0.6 is 35.2 Å². The van der Waals surface area contributed by atoms with Crippen molar-refractivity contribution < 1.29 is 9.53 Å². The highest BCUT2D eigenvalue weighted by Gasteiger charge is 2.26. The Hall–Kier alpha value is -2.61. The summed E-state index contributed by atoms with van der Waals surface area (Å²) in [5.41, 5.74) is 3.56. The number of carbonyl (C=O) groups excluding carboxylic acids is 1. The minimum absolute atomic E-state index is 0.369. The highest BCUT2D eigenvalue weighted by Crippen LogP contribution is 2.40. The van der Waals surface area contributed by atoms with Crippen LogP contribution < -0.4 is 10.2 Å². The third-order valence-corrected chi connectivity index (χ3v) is 7.15. The fourth-order valence-electron chi connectivity index (χ4n) is 3.88. The molecule has 32 heavy (non-hydrogen) atoms. The summed E-state index contributed by atoms with van der Waals surface area (Å²) in [5.74, 6) is -0.369. The molecule has 0 atom stereocenters. The Morgan fingerprint density at radius 3 is 2.34 bits per heavy atom. The van der Waals surface area contributed by atoms with E-state index < -0.39 is 0 Å². The van der Waals surface area contributed by atoms with Gasteiger partial charge in [0.05, 0.1) is 7.11 Å². The van der Waals surface area contributed by atoms with Crippen LogP contribution in [0.5, 0.6) is 0 Å². The van der Waals surface area contributed by atoms with Crippen LogP contribution in [0, 0.1) is 6.92 Å². The molecule has 0 unspecified atom stereocenters. The molecule has 0 bridgehead atoms. The van der Waals surface area contributed by atoms with Crippen molar-refractivity contribution in [3.05, 3.63) is 70.1 Å². The minimum atomic E-state index is -0.369. The van der Waals surface area contributed by atoms with E-state index in [1.807, 2.05) is 61.5 Å². The number of esters is 1. The van der Waals surface area contributed by atoms with Crippen molar-refractivity contribution in [1.29, 1.82) is 0 Å². The third kappa shape index (κ3) is 4.75. The van der Waals surface area contributed by atoms with Crippen LogP contribution in [0.25, 0.3) is 11.1 Å². The van der Waals surface area contributed by atoms with Gasteiger partial charge >= 0.3 is 5.97 Å². The predicted molar refractivity (Wildman–Crippen MR) is 137 cm³/mol. The van der Waals surface area contributed by atoms with Gasteiger partial charge in [-0.1, -0.05) is 41.9 Å². The highest BCUT2D eigenvalue weighted by molar-refractivity contribution is 7.80. The van der Waals surface area contributed by atoms with Crippen LogP contribution in [0.1, 0.15) is 15.2 Å². The third-order valence-electron chi connectivity index (χ3n) is 5.52. The lowest BCUT2D eigenvalue weighted by atomic mass is 10.0. The monoisotopic (exact) mass is 485 g/mol. The Labute approximate surface area is 202 Å². The largest absolute Gasteiger partial charge is 0.465 e. The van der Waals surface area contributed by atoms with Crippen molar-refractivity contribution >= 4 is 56.9 Å². The average molecular weight is 486 g/mol. The molecule has 0 aliphatic carbocycles. The van der Waals surface area contributed by atoms with Crippen molar-refractivity contribution in [1.82, 2.24) is 4.90 Å². The summed E-state index contributed by atoms with van der Waals surface area (Å²) in [6, 6.07) is 17.8. The first-order valence-corrected chi connectivity index (χ1v) is 11.9. The van der Waals surface area contributed by atoms with E-state index in [4.69, 9.17) is 28.6 Å². The lowest BCUT2D eigenvalue weighted by molar-refractivity contribution is 0.0603. The van der Waals surface area contributed by atoms with Crippen LogP contribution in [0.15, 0.2) is 54.6 Å². The van der Waals surface area contributed by atoms with Gasteiger partial charge in [-0.05, 0) is 49.0 Å². The first-order valence-electron chi connectivity index (χ1n) is 10.3. The Kier molecular flexibility index (Phi) is 6.98. The SMILES string of the molecule is COC(=O)c1c(NC(=S)N2CCN(c3ccc(Cl)cc3)CC2)sc(C)c1-c1ccccc1. The Morgan fingerprint density at radius 2 is 1.72 bits per heavy atom. The molecule has 0 radical (unpaired) electrons. The molecule has 4 rings (SSSR count). The van der Waals surface area contributed by atoms with Crippen LogP contribution in [0.2, 0.25) is 5.02 Å². The van der Waals surface area contributed by atoms with Crippen LogP contribution in [0.3, 0.4) is 0 Å². The number of hydrogen-bond donors (Lipinski definition) is 1. The number of aryl methyl sites for hydroxylation is 1. The molecular weight excluding hydrogens is 462 g/mol. The first-order chi connectivity index (χ1) is 15.5. The van der Waals surface area contributed by atoms with E-state index in [1.165, 1.54) is 18.4 Å². The molecular formula is C24H24ClN3O2S2. The molecule has 8 heteroatoms. The molecule has 1 N–H and O–H groups in total. The number of nitrogens with zero attached hydrogens (tertiary/aromatic N) is 2. The molecule has 1 aromatic heterocycles. The minimum Gasteiger partial charge on any atom is -0.465 e. The highest BCUT2D eigenvalue weighted by atomic mass is 35.5. The zero-order valence-electron chi connectivity index (χ0n) is 17.9. The lowest BCUT2D eigenvalue weighted by Gasteiger charge is -2.37. The number of methoxy groups -OCH3 is 1. The van der Waals surface area contributed by atoms with E-state index in [1.54, 1.807) is 0 Å². The zero-order chi connectivity index (χ0) is 22.7. The molecule has 1 aliphatic rings. The maximum atomic E-state index is 12.7. The summed E-state index contributed by atoms with van der Waals surface area (Å²) in [6.07, 6.45) is 0. The average Bonchev–Trinajstić information content (AvgIpc) is 3.15. The number of benzene rings is 2. The smallest absolute Gasteiger partial charge is 0.341 e. The zero-order valence-corrected chi connectivity index (χ0v) is 20.3. The van der Waals surface area contributed by atoms with Crippen LogP contribution in [0.4, 0.5) is 10.7 Å². The Bertz CT molecular complexity index is 1110. The second kappa shape index (κ2) is 9.90. The van der Waals surface area contributed by atoms with E-state index in [0.717, 1.165) is 57.9 Å². The molecule has 3 aromatic rings. The molecule has 1 saturated heterocycles. The fraction of sp³-hybridized carbons (Fsp3) is 0.250. The molecule has 0 saturated carbocycles. The number of thiophene rings is 1. The number of hydrogen-bond acceptors (Lipinski definition) is 5. The number of carbonyl (C=O) groups is 1. The van der Waals surface area contributed by atoms with Gasteiger partial charge in [-0.15, -0.1) is 11.3 Å². The standard InChI is InChI=1S/C24H24ClN3O2S2/c1-16-20(17-6-4-3-5-7-17)21(23(29)30-2)22(32-16)26-24(31)28-14-12-27(13-15-28)19-10-8-18(25)9-11-19/h3-11H,12-15H2,1-2H3,(H,26,31). The second-order valence-electron chi connectivity index (χ2n) is 7.48. The summed E-state index contributed by atoms with van der Waals surface area (Å²) < 4.78 is 5.11. The molecule has 2 heterocycles. The summed E-state index contributed by atoms with van der Waals surface area (Å²) in [7, 11) is 1.40. The molecule has 0 amide bonds. The molecule has 1 fully saturated rings. The van der Waals surface area contributed by atoms with Gasteiger partial charge in [0.25, 0.3) is 0 Å². The summed E-state index contributed by atoms with van der Waals surface area (Å²) in [6.45, 7) is 5.30. The van der Waals surface area contributed by atoms with Crippen molar-refractivity contribution in [3.8, 4) is 11.1 Å². The number of piperazine rings is 1. The van der Waals surface area contributed by atoms with E-state index >= 15 is 0 Å². The number of rotatable bonds is 4. The number of ether oxygens (including phenoxy) is 1. The van der Waals surface area contributed by atoms with E-state index in [-0.39, 0.29) is 5.97 Å². The number of halogens is 1. The van der Waals surface area contributed by atoms with Gasteiger partial charge in [0.1, 0.15) is 10.6 Å². The predicted octanol–water partition coefficient (Wildman–Crippen LogP) is 5.68. The quantitative estimate of drug-likeness (QED) is 0.378. The van der Waals surface area contributed by atoms with Gasteiger partial charge in [0, 0.05) is 47.3 Å². The maximum absolute atomic E-state index is 12.7. The van der Waals surface area contributed by atoms with Gasteiger partial charge in [-0.3, -0.25) is 0 Å². The number of thiocarbonyl (C=S) groups is 1. The lowest BCUT2D eigenvalue weighted by Crippen LogP contribution is -2.50. The van der Waals surface area contributed by atoms with Gasteiger partial charge in [0.2, 0.25) is 0 Å². The maximum Gasteiger partial charge on any atom is 0.341 e. The first kappa shape index (κ1) is 22.6. The van der Waals surface area contributed by atoms with Crippen molar-refractivity contribution in [2.75, 3.05) is 43.5 Å². The Morgan fingerprint density at radius 1 is 1.06 bits per heavy atom. The van der Waals surface area contributed by atoms with Gasteiger partial charge in [-0.25, -0.2) is 4.79 Å². The van der Waals surface area contributed by atoms with Gasteiger partial charge < -0.3 is 19.9 Å². The van der Waals surface area contributed by atoms with Crippen molar-refractivity contribution in [2.24, 2.45) is 0 Å². The number of anilines is 2. The normalized spacial score (nSPS) is 13.7. The fourth-order valence-corrected chi connectivity index (χ4v) is 5.42. The Balaban J connectivity index is 1.50. The molecule has 0 spiro atoms.